The van der Waals surface area contributed by atoms with E-state index in [-0.39, 0.29) is 17.9 Å². The maximum absolute atomic E-state index is 12.5. The molecule has 0 N–H and O–H groups in total. The number of fused-ring (bicyclic) bond motifs is 1. The number of benzene rings is 2. The smallest absolute Gasteiger partial charge is 0.350 e. The highest BCUT2D eigenvalue weighted by Gasteiger charge is 2.43. The van der Waals surface area contributed by atoms with Gasteiger partial charge in [0, 0.05) is 14.9 Å². The van der Waals surface area contributed by atoms with E-state index in [1.807, 2.05) is 18.9 Å². The average molecular weight is 615 g/mol. The molecule has 35 heavy (non-hydrogen) atoms. The van der Waals surface area contributed by atoms with Gasteiger partial charge in [0.1, 0.15) is 4.88 Å². The molecule has 2 aromatic carbocycles. The van der Waals surface area contributed by atoms with Gasteiger partial charge in [-0.2, -0.15) is 5.10 Å². The van der Waals surface area contributed by atoms with Crippen molar-refractivity contribution in [3.05, 3.63) is 84.7 Å². The predicted octanol–water partition coefficient (Wildman–Crippen LogP) is 7.95. The van der Waals surface area contributed by atoms with Crippen molar-refractivity contribution in [2.75, 3.05) is 11.6 Å². The molecule has 1 aliphatic heterocycles. The number of rotatable bonds is 5. The zero-order chi connectivity index (χ0) is 24.5. The first-order valence-electron chi connectivity index (χ1n) is 11.7. The van der Waals surface area contributed by atoms with Crippen molar-refractivity contribution in [1.82, 2.24) is 4.98 Å². The number of aryl methyl sites for hydroxylation is 1. The number of nitrogens with zero attached hydrogens (tertiary/aromatic N) is 3. The van der Waals surface area contributed by atoms with Gasteiger partial charge in [0.15, 0.2) is 0 Å². The lowest BCUT2D eigenvalue weighted by atomic mass is 9.77. The Bertz CT molecular complexity index is 1300. The van der Waals surface area contributed by atoms with Crippen LogP contribution < -0.4 is 5.01 Å². The molecule has 5 nitrogen and oxygen atoms in total. The molecule has 0 radical (unpaired) electrons. The molecule has 2 aliphatic rings. The van der Waals surface area contributed by atoms with Crippen molar-refractivity contribution in [1.29, 1.82) is 0 Å². The molecule has 180 valence electrons. The van der Waals surface area contributed by atoms with Crippen LogP contribution in [0.3, 0.4) is 0 Å². The summed E-state index contributed by atoms with van der Waals surface area (Å²) in [6.07, 6.45) is 5.43. The lowest BCUT2D eigenvalue weighted by molar-refractivity contribution is 0.0531. The van der Waals surface area contributed by atoms with Gasteiger partial charge < -0.3 is 4.74 Å². The van der Waals surface area contributed by atoms with Gasteiger partial charge in [0.25, 0.3) is 0 Å². The molecule has 0 bridgehead atoms. The molecule has 1 saturated carbocycles. The van der Waals surface area contributed by atoms with Crippen molar-refractivity contribution in [3.63, 3.8) is 0 Å². The van der Waals surface area contributed by atoms with E-state index in [0.29, 0.717) is 17.2 Å². The quantitative estimate of drug-likeness (QED) is 0.274. The van der Waals surface area contributed by atoms with Crippen LogP contribution in [0.2, 0.25) is 0 Å². The second-order valence-electron chi connectivity index (χ2n) is 8.68. The Hall–Kier alpha value is -2.29. The number of carbonyl (C=O) groups excluding carboxylic acids is 1. The van der Waals surface area contributed by atoms with E-state index in [0.717, 1.165) is 39.1 Å². The Morgan fingerprint density at radius 1 is 1.14 bits per heavy atom. The van der Waals surface area contributed by atoms with Crippen LogP contribution in [0.4, 0.5) is 5.13 Å². The Labute approximate surface area is 226 Å². The zero-order valence-electron chi connectivity index (χ0n) is 19.5. The van der Waals surface area contributed by atoms with E-state index in [1.54, 1.807) is 0 Å². The fourth-order valence-electron chi connectivity index (χ4n) is 4.78. The molecule has 1 aliphatic carbocycles. The lowest BCUT2D eigenvalue weighted by Crippen LogP contribution is -2.28. The summed E-state index contributed by atoms with van der Waals surface area (Å²) in [5.74, 6) is -0.0732. The van der Waals surface area contributed by atoms with Gasteiger partial charge >= 0.3 is 5.97 Å². The molecule has 0 saturated heterocycles. The SMILES string of the molecule is CCOC(=O)c1sc(N2N=C3/C(=C\c4ccc(Br)cc4)CCC[C@H]3[C@@H]2c2ccc(Br)cc2)nc1C. The zero-order valence-corrected chi connectivity index (χ0v) is 23.5. The van der Waals surface area contributed by atoms with E-state index < -0.39 is 0 Å². The van der Waals surface area contributed by atoms with Gasteiger partial charge in [-0.1, -0.05) is 67.5 Å². The Morgan fingerprint density at radius 2 is 1.83 bits per heavy atom. The van der Waals surface area contributed by atoms with Gasteiger partial charge in [0.05, 0.1) is 24.1 Å². The van der Waals surface area contributed by atoms with E-state index in [4.69, 9.17) is 14.8 Å². The van der Waals surface area contributed by atoms with Gasteiger partial charge in [-0.3, -0.25) is 0 Å². The minimum Gasteiger partial charge on any atom is -0.462 e. The third-order valence-electron chi connectivity index (χ3n) is 6.37. The van der Waals surface area contributed by atoms with Crippen LogP contribution in [-0.4, -0.2) is 23.3 Å². The Balaban J connectivity index is 1.58. The number of hydrazone groups is 1. The molecule has 0 spiro atoms. The molecule has 5 rings (SSSR count). The van der Waals surface area contributed by atoms with Crippen LogP contribution in [0.1, 0.15) is 58.7 Å². The van der Waals surface area contributed by atoms with Gasteiger partial charge in [-0.25, -0.2) is 14.8 Å². The minimum atomic E-state index is -0.325. The minimum absolute atomic E-state index is 0.0207. The Kier molecular flexibility index (Phi) is 7.23. The summed E-state index contributed by atoms with van der Waals surface area (Å²) in [5.41, 5.74) is 5.43. The fraction of sp³-hybridized carbons (Fsp3) is 0.296. The second-order valence-corrected chi connectivity index (χ2v) is 11.5. The van der Waals surface area contributed by atoms with E-state index in [1.165, 1.54) is 28.0 Å². The molecule has 2 atom stereocenters. The lowest BCUT2D eigenvalue weighted by Gasteiger charge is -2.29. The van der Waals surface area contributed by atoms with E-state index in [9.17, 15) is 4.79 Å². The van der Waals surface area contributed by atoms with Crippen molar-refractivity contribution < 1.29 is 9.53 Å². The summed E-state index contributed by atoms with van der Waals surface area (Å²) in [5, 5.41) is 7.93. The van der Waals surface area contributed by atoms with Gasteiger partial charge in [-0.05, 0) is 80.2 Å². The largest absolute Gasteiger partial charge is 0.462 e. The van der Waals surface area contributed by atoms with Crippen molar-refractivity contribution in [2.24, 2.45) is 11.0 Å². The average Bonchev–Trinajstić information content (AvgIpc) is 3.43. The molecule has 0 amide bonds. The van der Waals surface area contributed by atoms with Crippen LogP contribution in [0.15, 0.2) is 68.2 Å². The topological polar surface area (TPSA) is 54.8 Å². The van der Waals surface area contributed by atoms with Crippen LogP contribution in [0, 0.1) is 12.8 Å². The highest BCUT2D eigenvalue weighted by atomic mass is 79.9. The third kappa shape index (κ3) is 5.01. The highest BCUT2D eigenvalue weighted by Crippen LogP contribution is 2.47. The summed E-state index contributed by atoms with van der Waals surface area (Å²) >= 11 is 8.44. The number of esters is 1. The predicted molar refractivity (Wildman–Crippen MR) is 149 cm³/mol. The number of halogens is 2. The van der Waals surface area contributed by atoms with Gasteiger partial charge in [0.2, 0.25) is 5.13 Å². The highest BCUT2D eigenvalue weighted by molar-refractivity contribution is 9.10. The molecule has 1 fully saturated rings. The summed E-state index contributed by atoms with van der Waals surface area (Å²) in [6, 6.07) is 16.8. The normalized spacial score (nSPS) is 20.6. The van der Waals surface area contributed by atoms with Gasteiger partial charge in [-0.15, -0.1) is 0 Å². The monoisotopic (exact) mass is 613 g/mol. The summed E-state index contributed by atoms with van der Waals surface area (Å²) in [7, 11) is 0. The first-order chi connectivity index (χ1) is 16.9. The standard InChI is InChI=1S/C27H25Br2N3O2S/c1-3-34-26(33)25-16(2)30-27(35-25)32-24(18-9-13-21(29)14-10-18)22-6-4-5-19(23(22)31-32)15-17-7-11-20(28)12-8-17/h7-15,22,24H,3-6H2,1-2H3/b19-15-/t22-,24+/m1/s1. The number of aromatic nitrogens is 1. The summed E-state index contributed by atoms with van der Waals surface area (Å²) in [4.78, 5) is 17.8. The van der Waals surface area contributed by atoms with E-state index in [2.05, 4.69) is 86.5 Å². The number of hydrogen-bond donors (Lipinski definition) is 0. The number of hydrogen-bond acceptors (Lipinski definition) is 6. The maximum atomic E-state index is 12.5. The first-order valence-corrected chi connectivity index (χ1v) is 14.1. The van der Waals surface area contributed by atoms with Crippen molar-refractivity contribution in [2.45, 2.75) is 39.2 Å². The summed E-state index contributed by atoms with van der Waals surface area (Å²) in [6.45, 7) is 4.01. The molecule has 2 heterocycles. The van der Waals surface area contributed by atoms with Crippen LogP contribution >= 0.6 is 43.2 Å². The fourth-order valence-corrected chi connectivity index (χ4v) is 6.25. The van der Waals surface area contributed by atoms with Crippen LogP contribution in [0.25, 0.3) is 6.08 Å². The first kappa shape index (κ1) is 24.4. The molecule has 3 aromatic rings. The number of ether oxygens (including phenoxy) is 1. The molecule has 0 unspecified atom stereocenters. The second kappa shape index (κ2) is 10.4. The number of carbonyl (C=O) groups is 1. The number of anilines is 1. The van der Waals surface area contributed by atoms with Crippen LogP contribution in [0.5, 0.6) is 0 Å². The number of allylic oxidation sites excluding steroid dienone is 1. The number of thiazole rings is 1. The molecular weight excluding hydrogens is 590 g/mol. The van der Waals surface area contributed by atoms with Crippen molar-refractivity contribution >= 4 is 66.1 Å². The summed E-state index contributed by atoms with van der Waals surface area (Å²) < 4.78 is 7.36. The maximum Gasteiger partial charge on any atom is 0.350 e. The molecular formula is C27H25Br2N3O2S. The molecule has 1 aromatic heterocycles. The van der Waals surface area contributed by atoms with E-state index >= 15 is 0 Å². The van der Waals surface area contributed by atoms with Crippen molar-refractivity contribution in [3.8, 4) is 0 Å². The third-order valence-corrected chi connectivity index (χ3v) is 8.55. The Morgan fingerprint density at radius 3 is 2.51 bits per heavy atom. The van der Waals surface area contributed by atoms with Crippen LogP contribution in [-0.2, 0) is 4.74 Å². The molecule has 8 heteroatoms.